The van der Waals surface area contributed by atoms with Crippen LogP contribution in [0.3, 0.4) is 0 Å². The second kappa shape index (κ2) is 11.0. The van der Waals surface area contributed by atoms with Crippen LogP contribution in [0.25, 0.3) is 0 Å². The minimum absolute atomic E-state index is 0.0522. The van der Waals surface area contributed by atoms with Crippen molar-refractivity contribution in [1.82, 2.24) is 9.97 Å². The summed E-state index contributed by atoms with van der Waals surface area (Å²) in [6.07, 6.45) is 2.81. The molecule has 0 saturated heterocycles. The molecule has 0 aliphatic rings. The van der Waals surface area contributed by atoms with Crippen LogP contribution in [0.4, 0.5) is 17.3 Å². The third kappa shape index (κ3) is 6.33. The van der Waals surface area contributed by atoms with Crippen LogP contribution in [0, 0.1) is 13.8 Å². The zero-order valence-corrected chi connectivity index (χ0v) is 22.2. The molecule has 0 radical (unpaired) electrons. The van der Waals surface area contributed by atoms with Crippen molar-refractivity contribution in [1.29, 1.82) is 0 Å². The van der Waals surface area contributed by atoms with E-state index in [0.29, 0.717) is 11.4 Å². The summed E-state index contributed by atoms with van der Waals surface area (Å²) in [5.41, 5.74) is 2.35. The number of hydrogen-bond donors (Lipinski definition) is 2. The molecule has 12 heteroatoms. The molecule has 4 rings (SSSR count). The van der Waals surface area contributed by atoms with Crippen molar-refractivity contribution in [2.24, 2.45) is 0 Å². The minimum atomic E-state index is -4.06. The molecule has 0 aliphatic carbocycles. The lowest BCUT2D eigenvalue weighted by atomic mass is 10.1. The maximum atomic E-state index is 13.5. The predicted octanol–water partition coefficient (Wildman–Crippen LogP) is 3.73. The van der Waals surface area contributed by atoms with E-state index in [1.807, 2.05) is 19.9 Å². The molecule has 1 amide bonds. The summed E-state index contributed by atoms with van der Waals surface area (Å²) in [5, 5.41) is 2.64. The van der Waals surface area contributed by atoms with Crippen LogP contribution in [-0.2, 0) is 24.8 Å². The Labute approximate surface area is 221 Å². The van der Waals surface area contributed by atoms with Gasteiger partial charge >= 0.3 is 0 Å². The molecule has 38 heavy (non-hydrogen) atoms. The first-order chi connectivity index (χ1) is 18.0. The third-order valence-corrected chi connectivity index (χ3v) is 8.48. The molecule has 196 valence electrons. The zero-order valence-electron chi connectivity index (χ0n) is 20.6. The number of anilines is 3. The van der Waals surface area contributed by atoms with Crippen LogP contribution < -0.4 is 14.3 Å². The first-order valence-electron chi connectivity index (χ1n) is 11.4. The van der Waals surface area contributed by atoms with Gasteiger partial charge in [-0.25, -0.2) is 31.5 Å². The van der Waals surface area contributed by atoms with Crippen LogP contribution in [-0.4, -0.2) is 39.3 Å². The summed E-state index contributed by atoms with van der Waals surface area (Å²) in [6, 6.07) is 20.2. The maximum absolute atomic E-state index is 13.5. The molecular weight excluding hydrogens is 526 g/mol. The summed E-state index contributed by atoms with van der Waals surface area (Å²) in [6.45, 7) is 3.20. The van der Waals surface area contributed by atoms with Gasteiger partial charge in [-0.15, -0.1) is 0 Å². The van der Waals surface area contributed by atoms with E-state index in [1.165, 1.54) is 48.8 Å². The summed E-state index contributed by atoms with van der Waals surface area (Å²) < 4.78 is 55.5. The number of benzene rings is 3. The normalized spacial score (nSPS) is 11.5. The van der Waals surface area contributed by atoms with Gasteiger partial charge in [0.1, 0.15) is 6.54 Å². The molecule has 4 aromatic rings. The number of aromatic nitrogens is 2. The monoisotopic (exact) mass is 551 g/mol. The molecule has 10 nitrogen and oxygen atoms in total. The SMILES string of the molecule is Cc1cc(C)cc(N(CC(=O)Nc2ccc(S(=O)(=O)Nc3ncccn3)cc2)S(=O)(=O)c2ccccc2)c1. The molecule has 3 aromatic carbocycles. The Morgan fingerprint density at radius 1 is 0.789 bits per heavy atom. The molecule has 1 heterocycles. The topological polar surface area (TPSA) is 138 Å². The standard InChI is InChI=1S/C26H25N5O5S2/c1-19-15-20(2)17-22(16-19)31(38(35,36)24-7-4-3-5-8-24)18-25(32)29-21-9-11-23(12-10-21)37(33,34)30-26-27-13-6-14-28-26/h3-17H,18H2,1-2H3,(H,29,32)(H,27,28,30). The summed E-state index contributed by atoms with van der Waals surface area (Å²) in [7, 11) is -8.00. The van der Waals surface area contributed by atoms with E-state index < -0.39 is 32.5 Å². The van der Waals surface area contributed by atoms with Crippen molar-refractivity contribution in [3.63, 3.8) is 0 Å². The Morgan fingerprint density at radius 2 is 1.39 bits per heavy atom. The van der Waals surface area contributed by atoms with E-state index >= 15 is 0 Å². The Bertz CT molecular complexity index is 1630. The number of amides is 1. The fourth-order valence-electron chi connectivity index (χ4n) is 3.71. The van der Waals surface area contributed by atoms with Crippen molar-refractivity contribution in [2.75, 3.05) is 20.9 Å². The van der Waals surface area contributed by atoms with E-state index in [-0.39, 0.29) is 15.7 Å². The number of hydrogen-bond acceptors (Lipinski definition) is 7. The first-order valence-corrected chi connectivity index (χ1v) is 14.3. The fourth-order valence-corrected chi connectivity index (χ4v) is 6.09. The quantitative estimate of drug-likeness (QED) is 0.323. The van der Waals surface area contributed by atoms with Gasteiger partial charge in [0, 0.05) is 18.1 Å². The molecule has 1 aromatic heterocycles. The van der Waals surface area contributed by atoms with Crippen LogP contribution >= 0.6 is 0 Å². The van der Waals surface area contributed by atoms with Gasteiger partial charge in [-0.1, -0.05) is 24.3 Å². The molecule has 0 spiro atoms. The molecule has 2 N–H and O–H groups in total. The third-order valence-electron chi connectivity index (χ3n) is 5.35. The number of aryl methyl sites for hydroxylation is 2. The van der Waals surface area contributed by atoms with Gasteiger partial charge in [0.25, 0.3) is 20.0 Å². The highest BCUT2D eigenvalue weighted by atomic mass is 32.2. The fraction of sp³-hybridized carbons (Fsp3) is 0.115. The van der Waals surface area contributed by atoms with Crippen LogP contribution in [0.2, 0.25) is 0 Å². The lowest BCUT2D eigenvalue weighted by Crippen LogP contribution is -2.38. The number of carbonyl (C=O) groups excluding carboxylic acids is 1. The molecule has 0 saturated carbocycles. The maximum Gasteiger partial charge on any atom is 0.264 e. The van der Waals surface area contributed by atoms with Gasteiger partial charge in [-0.3, -0.25) is 9.10 Å². The lowest BCUT2D eigenvalue weighted by molar-refractivity contribution is -0.114. The largest absolute Gasteiger partial charge is 0.325 e. The van der Waals surface area contributed by atoms with E-state index in [1.54, 1.807) is 36.4 Å². The number of sulfonamides is 2. The zero-order chi connectivity index (χ0) is 27.3. The average Bonchev–Trinajstić information content (AvgIpc) is 2.88. The predicted molar refractivity (Wildman–Crippen MR) is 145 cm³/mol. The first kappa shape index (κ1) is 26.8. The van der Waals surface area contributed by atoms with Crippen LogP contribution in [0.1, 0.15) is 11.1 Å². The highest BCUT2D eigenvalue weighted by molar-refractivity contribution is 7.93. The second-order valence-electron chi connectivity index (χ2n) is 8.42. The van der Waals surface area contributed by atoms with Crippen molar-refractivity contribution in [3.8, 4) is 0 Å². The van der Waals surface area contributed by atoms with Gasteiger partial charge < -0.3 is 5.32 Å². The number of nitrogens with one attached hydrogen (secondary N) is 2. The molecule has 0 bridgehead atoms. The lowest BCUT2D eigenvalue weighted by Gasteiger charge is -2.25. The van der Waals surface area contributed by atoms with E-state index in [4.69, 9.17) is 0 Å². The van der Waals surface area contributed by atoms with Crippen molar-refractivity contribution in [3.05, 3.63) is 102 Å². The summed E-state index contributed by atoms with van der Waals surface area (Å²) in [4.78, 5) is 20.7. The molecule has 0 unspecified atom stereocenters. The summed E-state index contributed by atoms with van der Waals surface area (Å²) in [5.74, 6) is -0.675. The minimum Gasteiger partial charge on any atom is -0.325 e. The van der Waals surface area contributed by atoms with Gasteiger partial charge in [0.2, 0.25) is 11.9 Å². The Morgan fingerprint density at radius 3 is 2.00 bits per heavy atom. The van der Waals surface area contributed by atoms with E-state index in [9.17, 15) is 21.6 Å². The number of nitrogens with zero attached hydrogens (tertiary/aromatic N) is 3. The highest BCUT2D eigenvalue weighted by Gasteiger charge is 2.27. The average molecular weight is 552 g/mol. The van der Waals surface area contributed by atoms with Gasteiger partial charge in [-0.2, -0.15) is 0 Å². The highest BCUT2D eigenvalue weighted by Crippen LogP contribution is 2.26. The Balaban J connectivity index is 1.55. The molecular formula is C26H25N5O5S2. The van der Waals surface area contributed by atoms with Crippen molar-refractivity contribution in [2.45, 2.75) is 23.6 Å². The van der Waals surface area contributed by atoms with Gasteiger partial charge in [0.05, 0.1) is 15.5 Å². The molecule has 0 aliphatic heterocycles. The Kier molecular flexibility index (Phi) is 7.74. The summed E-state index contributed by atoms with van der Waals surface area (Å²) >= 11 is 0. The number of carbonyl (C=O) groups is 1. The smallest absolute Gasteiger partial charge is 0.264 e. The van der Waals surface area contributed by atoms with E-state index in [2.05, 4.69) is 20.0 Å². The van der Waals surface area contributed by atoms with Crippen molar-refractivity contribution >= 4 is 43.3 Å². The Hall–Kier alpha value is -4.29. The van der Waals surface area contributed by atoms with Crippen LogP contribution in [0.15, 0.2) is 101 Å². The second-order valence-corrected chi connectivity index (χ2v) is 12.0. The van der Waals surface area contributed by atoms with Crippen LogP contribution in [0.5, 0.6) is 0 Å². The van der Waals surface area contributed by atoms with Gasteiger partial charge in [-0.05, 0) is 79.6 Å². The molecule has 0 atom stereocenters. The van der Waals surface area contributed by atoms with Gasteiger partial charge in [0.15, 0.2) is 0 Å². The molecule has 0 fully saturated rings. The number of rotatable bonds is 9. The van der Waals surface area contributed by atoms with E-state index in [0.717, 1.165) is 15.4 Å². The van der Waals surface area contributed by atoms with Crippen molar-refractivity contribution < 1.29 is 21.6 Å².